The molecule has 0 aromatic rings. The van der Waals surface area contributed by atoms with Crippen molar-refractivity contribution >= 4 is 25.7 Å². The number of rotatable bonds is 57. The molecular weight excluding hydrogens is 976 g/mol. The van der Waals surface area contributed by atoms with Gasteiger partial charge in [0.25, 0.3) is 0 Å². The lowest BCUT2D eigenvalue weighted by Crippen LogP contribution is -2.30. The molecule has 0 heterocycles. The predicted octanol–water partition coefficient (Wildman–Crippen LogP) is 18.5. The second-order valence-electron chi connectivity index (χ2n) is 20.5. The molecule has 0 fully saturated rings. The standard InChI is InChI=1S/C64H113O11P/c1-4-7-10-13-16-19-22-25-28-29-30-31-34-37-40-43-46-49-52-55-64(68)75-61(57-71-62(66)53-50-47-44-41-38-35-32-26-23-20-17-14-11-8-5-2)59-73-76(69,70)72-58-60(56-65)74-63(67)54-51-48-45-42-39-36-33-27-24-21-18-15-12-9-6-3/h7,10,16,19,25-26,28,30-32,37,40,60-61,65H,4-6,8-9,11-15,17-18,20-24,27,29,33-36,38-39,41-59H2,1-3H3,(H,69,70)/b10-7-,19-16-,28-25-,31-30-,32-26-,40-37-. The van der Waals surface area contributed by atoms with Crippen molar-refractivity contribution in [2.75, 3.05) is 26.4 Å². The summed E-state index contributed by atoms with van der Waals surface area (Å²) < 4.78 is 39.6. The molecule has 76 heavy (non-hydrogen) atoms. The maximum atomic E-state index is 12.9. The van der Waals surface area contributed by atoms with Crippen LogP contribution in [0.2, 0.25) is 0 Å². The van der Waals surface area contributed by atoms with E-state index in [0.717, 1.165) is 109 Å². The second kappa shape index (κ2) is 58.1. The monoisotopic (exact) mass is 1090 g/mol. The Morgan fingerprint density at radius 2 is 0.684 bits per heavy atom. The molecule has 12 heteroatoms. The Morgan fingerprint density at radius 3 is 1.08 bits per heavy atom. The fourth-order valence-electron chi connectivity index (χ4n) is 8.44. The smallest absolute Gasteiger partial charge is 0.462 e. The van der Waals surface area contributed by atoms with Gasteiger partial charge in [0.1, 0.15) is 12.7 Å². The van der Waals surface area contributed by atoms with E-state index in [2.05, 4.69) is 93.7 Å². The molecule has 0 aromatic heterocycles. The summed E-state index contributed by atoms with van der Waals surface area (Å²) >= 11 is 0. The minimum absolute atomic E-state index is 0.126. The van der Waals surface area contributed by atoms with Crippen LogP contribution in [0.4, 0.5) is 0 Å². The van der Waals surface area contributed by atoms with Gasteiger partial charge in [0.05, 0.1) is 19.8 Å². The molecule has 3 unspecified atom stereocenters. The van der Waals surface area contributed by atoms with Crippen LogP contribution in [0, 0.1) is 0 Å². The maximum Gasteiger partial charge on any atom is 0.472 e. The van der Waals surface area contributed by atoms with Crippen molar-refractivity contribution in [2.24, 2.45) is 0 Å². The Labute approximate surface area is 465 Å². The zero-order valence-corrected chi connectivity index (χ0v) is 49.6. The number of carbonyl (C=O) groups is 3. The van der Waals surface area contributed by atoms with Gasteiger partial charge in [-0.05, 0) is 89.9 Å². The average Bonchev–Trinajstić information content (AvgIpc) is 3.41. The van der Waals surface area contributed by atoms with E-state index in [-0.39, 0.29) is 25.9 Å². The zero-order valence-electron chi connectivity index (χ0n) is 48.7. The summed E-state index contributed by atoms with van der Waals surface area (Å²) in [5, 5.41) is 9.83. The number of unbranched alkanes of at least 4 members (excludes halogenated alkanes) is 28. The summed E-state index contributed by atoms with van der Waals surface area (Å²) in [4.78, 5) is 48.6. The first-order valence-electron chi connectivity index (χ1n) is 30.8. The molecule has 0 saturated heterocycles. The Hall–Kier alpha value is -3.08. The topological polar surface area (TPSA) is 155 Å². The summed E-state index contributed by atoms with van der Waals surface area (Å²) in [6, 6.07) is 0. The van der Waals surface area contributed by atoms with Gasteiger partial charge in [-0.1, -0.05) is 241 Å². The Morgan fingerprint density at radius 1 is 0.382 bits per heavy atom. The van der Waals surface area contributed by atoms with Crippen LogP contribution >= 0.6 is 7.82 Å². The van der Waals surface area contributed by atoms with Gasteiger partial charge in [-0.3, -0.25) is 23.4 Å². The van der Waals surface area contributed by atoms with Crippen LogP contribution in [-0.2, 0) is 42.2 Å². The average molecular weight is 1090 g/mol. The van der Waals surface area contributed by atoms with E-state index in [1.54, 1.807) is 0 Å². The highest BCUT2D eigenvalue weighted by Gasteiger charge is 2.28. The second-order valence-corrected chi connectivity index (χ2v) is 21.9. The fraction of sp³-hybridized carbons (Fsp3) is 0.766. The molecule has 0 amide bonds. The van der Waals surface area contributed by atoms with Gasteiger partial charge in [-0.2, -0.15) is 0 Å². The number of carbonyl (C=O) groups excluding carboxylic acids is 3. The number of aliphatic hydroxyl groups excluding tert-OH is 1. The first-order chi connectivity index (χ1) is 37.2. The zero-order chi connectivity index (χ0) is 55.5. The highest BCUT2D eigenvalue weighted by molar-refractivity contribution is 7.47. The fourth-order valence-corrected chi connectivity index (χ4v) is 9.22. The first kappa shape index (κ1) is 72.9. The van der Waals surface area contributed by atoms with Crippen molar-refractivity contribution in [2.45, 2.75) is 290 Å². The van der Waals surface area contributed by atoms with Gasteiger partial charge in [0.15, 0.2) is 6.10 Å². The molecule has 11 nitrogen and oxygen atoms in total. The number of aliphatic hydroxyl groups is 1. The molecular formula is C64H113O11P. The van der Waals surface area contributed by atoms with Crippen LogP contribution < -0.4 is 0 Å². The largest absolute Gasteiger partial charge is 0.472 e. The summed E-state index contributed by atoms with van der Waals surface area (Å²) in [5.74, 6) is -1.50. The van der Waals surface area contributed by atoms with E-state index in [4.69, 9.17) is 23.3 Å². The lowest BCUT2D eigenvalue weighted by Gasteiger charge is -2.21. The van der Waals surface area contributed by atoms with Gasteiger partial charge in [-0.15, -0.1) is 0 Å². The number of ether oxygens (including phenoxy) is 3. The van der Waals surface area contributed by atoms with Crippen LogP contribution in [0.1, 0.15) is 278 Å². The van der Waals surface area contributed by atoms with Crippen molar-refractivity contribution in [3.8, 4) is 0 Å². The molecule has 0 saturated carbocycles. The number of phosphoric ester groups is 1. The quantitative estimate of drug-likeness (QED) is 0.0197. The molecule has 2 N–H and O–H groups in total. The van der Waals surface area contributed by atoms with Gasteiger partial charge in [0, 0.05) is 19.3 Å². The normalized spacial score (nSPS) is 13.8. The van der Waals surface area contributed by atoms with Crippen LogP contribution in [0.3, 0.4) is 0 Å². The molecule has 0 aliphatic heterocycles. The van der Waals surface area contributed by atoms with Gasteiger partial charge in [-0.25, -0.2) is 4.57 Å². The molecule has 0 spiro atoms. The Kier molecular flexibility index (Phi) is 55.7. The van der Waals surface area contributed by atoms with Crippen LogP contribution in [0.15, 0.2) is 72.9 Å². The third-order valence-corrected chi connectivity index (χ3v) is 14.1. The predicted molar refractivity (Wildman–Crippen MR) is 316 cm³/mol. The SMILES string of the molecule is CC/C=C\C/C=C\C/C=C\C/C=C\C/C=C\CCCCCC(=O)OC(COC(=O)CCCCCCC/C=C\CCCCCCCC)COP(=O)(O)OCC(CO)OC(=O)CCCCCCCCCCCCCCCCC. The molecule has 440 valence electrons. The van der Waals surface area contributed by atoms with Gasteiger partial charge in [0.2, 0.25) is 0 Å². The van der Waals surface area contributed by atoms with Gasteiger partial charge < -0.3 is 24.2 Å². The molecule has 0 aliphatic rings. The number of phosphoric acid groups is 1. The number of hydrogen-bond acceptors (Lipinski definition) is 10. The molecule has 0 aliphatic carbocycles. The van der Waals surface area contributed by atoms with Crippen molar-refractivity contribution in [3.63, 3.8) is 0 Å². The minimum atomic E-state index is -4.76. The van der Waals surface area contributed by atoms with Crippen LogP contribution in [-0.4, -0.2) is 66.5 Å². The third kappa shape index (κ3) is 55.7. The molecule has 0 radical (unpaired) electrons. The van der Waals surface area contributed by atoms with E-state index in [9.17, 15) is 28.9 Å². The summed E-state index contributed by atoms with van der Waals surface area (Å²) in [6.07, 6.45) is 65.7. The lowest BCUT2D eigenvalue weighted by atomic mass is 10.0. The summed E-state index contributed by atoms with van der Waals surface area (Å²) in [6.45, 7) is 4.51. The first-order valence-corrected chi connectivity index (χ1v) is 32.3. The molecule has 0 rings (SSSR count). The highest BCUT2D eigenvalue weighted by atomic mass is 31.2. The van der Waals surface area contributed by atoms with E-state index in [1.807, 2.05) is 0 Å². The van der Waals surface area contributed by atoms with E-state index >= 15 is 0 Å². The molecule has 0 bridgehead atoms. The van der Waals surface area contributed by atoms with Crippen molar-refractivity contribution < 1.29 is 52.2 Å². The maximum absolute atomic E-state index is 12.9. The Balaban J connectivity index is 4.77. The van der Waals surface area contributed by atoms with Crippen molar-refractivity contribution in [3.05, 3.63) is 72.9 Å². The lowest BCUT2D eigenvalue weighted by molar-refractivity contribution is -0.161. The van der Waals surface area contributed by atoms with Crippen LogP contribution in [0.5, 0.6) is 0 Å². The number of hydrogen-bond donors (Lipinski definition) is 2. The highest BCUT2D eigenvalue weighted by Crippen LogP contribution is 2.43. The van der Waals surface area contributed by atoms with Crippen LogP contribution in [0.25, 0.3) is 0 Å². The Bertz CT molecular complexity index is 1550. The van der Waals surface area contributed by atoms with E-state index in [0.29, 0.717) is 19.3 Å². The number of allylic oxidation sites excluding steroid dienone is 12. The number of esters is 3. The van der Waals surface area contributed by atoms with Crippen molar-refractivity contribution in [1.29, 1.82) is 0 Å². The van der Waals surface area contributed by atoms with Gasteiger partial charge >= 0.3 is 25.7 Å². The molecule has 3 atom stereocenters. The summed E-state index contributed by atoms with van der Waals surface area (Å²) in [5.41, 5.74) is 0. The van der Waals surface area contributed by atoms with E-state index in [1.165, 1.54) is 109 Å². The third-order valence-electron chi connectivity index (χ3n) is 13.1. The molecule has 0 aromatic carbocycles. The van der Waals surface area contributed by atoms with Crippen molar-refractivity contribution in [1.82, 2.24) is 0 Å². The minimum Gasteiger partial charge on any atom is -0.462 e. The summed E-state index contributed by atoms with van der Waals surface area (Å²) in [7, 11) is -4.76. The van der Waals surface area contributed by atoms with E-state index < -0.39 is 57.8 Å².